The number of amides is 1. The lowest BCUT2D eigenvalue weighted by molar-refractivity contribution is -0.119. The number of hydrogen-bond donors (Lipinski definition) is 2. The van der Waals surface area contributed by atoms with E-state index in [9.17, 15) is 18.3 Å². The summed E-state index contributed by atoms with van der Waals surface area (Å²) in [6.45, 7) is 1.91. The number of nitrogens with one attached hydrogen (secondary N) is 1. The van der Waals surface area contributed by atoms with E-state index in [2.05, 4.69) is 5.32 Å². The monoisotopic (exact) mass is 404 g/mol. The number of aryl methyl sites for hydroxylation is 1. The molecular formula is C20H24N2O5S. The van der Waals surface area contributed by atoms with E-state index >= 15 is 0 Å². The van der Waals surface area contributed by atoms with Crippen molar-refractivity contribution in [2.24, 2.45) is 0 Å². The Morgan fingerprint density at radius 1 is 1.18 bits per heavy atom. The van der Waals surface area contributed by atoms with Gasteiger partial charge in [-0.2, -0.15) is 4.31 Å². The van der Waals surface area contributed by atoms with Gasteiger partial charge < -0.3 is 15.2 Å². The molecule has 1 fully saturated rings. The molecule has 2 aromatic carbocycles. The first-order valence-electron chi connectivity index (χ1n) is 9.09. The molecule has 2 N–H and O–H groups in total. The number of benzene rings is 2. The van der Waals surface area contributed by atoms with Crippen LogP contribution in [0.3, 0.4) is 0 Å². The maximum Gasteiger partial charge on any atom is 0.243 e. The first-order valence-corrected chi connectivity index (χ1v) is 10.5. The molecule has 0 bridgehead atoms. The first kappa shape index (κ1) is 20.3. The highest BCUT2D eigenvalue weighted by molar-refractivity contribution is 7.89. The summed E-state index contributed by atoms with van der Waals surface area (Å²) in [6.07, 6.45) is 0.0387. The molecule has 0 aromatic heterocycles. The SMILES string of the molecule is CCc1ccc(NC(=O)C2CC(O)CN2S(=O)(=O)c2ccc(OC)cc2)cc1. The second-order valence-corrected chi connectivity index (χ2v) is 8.59. The Morgan fingerprint density at radius 2 is 1.82 bits per heavy atom. The predicted octanol–water partition coefficient (Wildman–Crippen LogP) is 2.02. The molecule has 0 spiro atoms. The van der Waals surface area contributed by atoms with E-state index in [0.29, 0.717) is 11.4 Å². The fourth-order valence-corrected chi connectivity index (χ4v) is 4.86. The molecule has 2 unspecified atom stereocenters. The number of anilines is 1. The van der Waals surface area contributed by atoms with Gasteiger partial charge in [0.2, 0.25) is 15.9 Å². The highest BCUT2D eigenvalue weighted by atomic mass is 32.2. The Balaban J connectivity index is 1.81. The maximum atomic E-state index is 13.0. The topological polar surface area (TPSA) is 95.9 Å². The van der Waals surface area contributed by atoms with Crippen LogP contribution in [0.2, 0.25) is 0 Å². The molecule has 150 valence electrons. The lowest BCUT2D eigenvalue weighted by Crippen LogP contribution is -2.43. The molecule has 1 amide bonds. The van der Waals surface area contributed by atoms with Gasteiger partial charge in [-0.1, -0.05) is 19.1 Å². The van der Waals surface area contributed by atoms with Gasteiger partial charge in [0.05, 0.1) is 18.1 Å². The van der Waals surface area contributed by atoms with Crippen LogP contribution in [0.5, 0.6) is 5.75 Å². The number of aliphatic hydroxyl groups excluding tert-OH is 1. The van der Waals surface area contributed by atoms with Crippen LogP contribution in [0.15, 0.2) is 53.4 Å². The molecule has 0 radical (unpaired) electrons. The third-order valence-electron chi connectivity index (χ3n) is 4.83. The first-order chi connectivity index (χ1) is 13.3. The van der Waals surface area contributed by atoms with Crippen molar-refractivity contribution < 1.29 is 23.1 Å². The summed E-state index contributed by atoms with van der Waals surface area (Å²) in [5.74, 6) is 0.0723. The van der Waals surface area contributed by atoms with E-state index in [1.165, 1.54) is 19.2 Å². The zero-order valence-corrected chi connectivity index (χ0v) is 16.6. The lowest BCUT2D eigenvalue weighted by atomic mass is 10.1. The highest BCUT2D eigenvalue weighted by Crippen LogP contribution is 2.28. The van der Waals surface area contributed by atoms with E-state index in [1.54, 1.807) is 24.3 Å². The molecule has 1 aliphatic heterocycles. The molecule has 3 rings (SSSR count). The molecule has 8 heteroatoms. The highest BCUT2D eigenvalue weighted by Gasteiger charge is 2.43. The van der Waals surface area contributed by atoms with Crippen LogP contribution < -0.4 is 10.1 Å². The van der Waals surface area contributed by atoms with E-state index < -0.39 is 28.1 Å². The minimum absolute atomic E-state index is 0.0486. The number of sulfonamides is 1. The number of rotatable bonds is 6. The molecule has 1 saturated heterocycles. The minimum atomic E-state index is -3.94. The van der Waals surface area contributed by atoms with Crippen LogP contribution >= 0.6 is 0 Å². The fourth-order valence-electron chi connectivity index (χ4n) is 3.22. The zero-order valence-electron chi connectivity index (χ0n) is 15.8. The summed E-state index contributed by atoms with van der Waals surface area (Å²) >= 11 is 0. The standard InChI is InChI=1S/C20H24N2O5S/c1-3-14-4-6-15(7-5-14)21-20(24)19-12-16(23)13-22(19)28(25,26)18-10-8-17(27-2)9-11-18/h4-11,16,19,23H,3,12-13H2,1-2H3,(H,21,24). The van der Waals surface area contributed by atoms with Crippen molar-refractivity contribution >= 4 is 21.6 Å². The Morgan fingerprint density at radius 3 is 2.39 bits per heavy atom. The van der Waals surface area contributed by atoms with E-state index in [0.717, 1.165) is 16.3 Å². The molecule has 1 heterocycles. The zero-order chi connectivity index (χ0) is 20.3. The van der Waals surface area contributed by atoms with Crippen molar-refractivity contribution in [2.45, 2.75) is 36.8 Å². The Bertz CT molecular complexity index is 926. The van der Waals surface area contributed by atoms with Gasteiger partial charge in [0.15, 0.2) is 0 Å². The van der Waals surface area contributed by atoms with Crippen LogP contribution in [-0.2, 0) is 21.2 Å². The maximum absolute atomic E-state index is 13.0. The molecule has 0 saturated carbocycles. The molecular weight excluding hydrogens is 380 g/mol. The number of ether oxygens (including phenoxy) is 1. The van der Waals surface area contributed by atoms with Crippen LogP contribution in [0, 0.1) is 0 Å². The van der Waals surface area contributed by atoms with Gasteiger partial charge in [-0.3, -0.25) is 4.79 Å². The number of aliphatic hydroxyl groups is 1. The Labute approximate surface area is 165 Å². The smallest absolute Gasteiger partial charge is 0.243 e. The van der Waals surface area contributed by atoms with Gasteiger partial charge in [-0.05, 0) is 48.4 Å². The fraction of sp³-hybridized carbons (Fsp3) is 0.350. The molecule has 1 aliphatic rings. The quantitative estimate of drug-likeness (QED) is 0.768. The van der Waals surface area contributed by atoms with E-state index in [-0.39, 0.29) is 17.9 Å². The molecule has 28 heavy (non-hydrogen) atoms. The van der Waals surface area contributed by atoms with Gasteiger partial charge in [0, 0.05) is 18.7 Å². The van der Waals surface area contributed by atoms with Crippen molar-refractivity contribution in [3.05, 3.63) is 54.1 Å². The summed E-state index contributed by atoms with van der Waals surface area (Å²) < 4.78 is 32.2. The van der Waals surface area contributed by atoms with Crippen molar-refractivity contribution in [1.29, 1.82) is 0 Å². The average molecular weight is 404 g/mol. The molecule has 7 nitrogen and oxygen atoms in total. The second-order valence-electron chi connectivity index (χ2n) is 6.70. The molecule has 2 atom stereocenters. The summed E-state index contributed by atoms with van der Waals surface area (Å²) in [4.78, 5) is 12.8. The number of β-amino-alcohol motifs (C(OH)–C–C–N with tert-alkyl or cyclic N) is 1. The average Bonchev–Trinajstić information content (AvgIpc) is 3.11. The molecule has 2 aromatic rings. The third kappa shape index (κ3) is 4.19. The van der Waals surface area contributed by atoms with Gasteiger partial charge in [-0.25, -0.2) is 8.42 Å². The number of nitrogens with zero attached hydrogens (tertiary/aromatic N) is 1. The van der Waals surface area contributed by atoms with Gasteiger partial charge in [-0.15, -0.1) is 0 Å². The van der Waals surface area contributed by atoms with Crippen LogP contribution in [0.25, 0.3) is 0 Å². The van der Waals surface area contributed by atoms with E-state index in [4.69, 9.17) is 4.74 Å². The summed E-state index contributed by atoms with van der Waals surface area (Å²) in [5, 5.41) is 12.8. The van der Waals surface area contributed by atoms with E-state index in [1.807, 2.05) is 19.1 Å². The van der Waals surface area contributed by atoms with Crippen molar-refractivity contribution in [3.63, 3.8) is 0 Å². The number of carbonyl (C=O) groups excluding carboxylic acids is 1. The largest absolute Gasteiger partial charge is 0.497 e. The van der Waals surface area contributed by atoms with Gasteiger partial charge >= 0.3 is 0 Å². The Hall–Kier alpha value is -2.42. The number of methoxy groups -OCH3 is 1. The van der Waals surface area contributed by atoms with Crippen LogP contribution in [-0.4, -0.2) is 49.5 Å². The van der Waals surface area contributed by atoms with Gasteiger partial charge in [0.25, 0.3) is 0 Å². The lowest BCUT2D eigenvalue weighted by Gasteiger charge is -2.23. The van der Waals surface area contributed by atoms with Crippen molar-refractivity contribution in [1.82, 2.24) is 4.31 Å². The van der Waals surface area contributed by atoms with Crippen molar-refractivity contribution in [3.8, 4) is 5.75 Å². The summed E-state index contributed by atoms with van der Waals surface area (Å²) in [7, 11) is -2.44. The molecule has 0 aliphatic carbocycles. The minimum Gasteiger partial charge on any atom is -0.497 e. The van der Waals surface area contributed by atoms with Crippen LogP contribution in [0.4, 0.5) is 5.69 Å². The number of carbonyl (C=O) groups is 1. The summed E-state index contributed by atoms with van der Waals surface area (Å²) in [5.41, 5.74) is 1.73. The Kier molecular flexibility index (Phi) is 6.02. The third-order valence-corrected chi connectivity index (χ3v) is 6.72. The normalized spacial score (nSPS) is 20.1. The van der Waals surface area contributed by atoms with Crippen LogP contribution in [0.1, 0.15) is 18.9 Å². The van der Waals surface area contributed by atoms with Crippen molar-refractivity contribution in [2.75, 3.05) is 19.0 Å². The summed E-state index contributed by atoms with van der Waals surface area (Å²) in [6, 6.07) is 12.3. The number of hydrogen-bond acceptors (Lipinski definition) is 5. The van der Waals surface area contributed by atoms with Gasteiger partial charge in [0.1, 0.15) is 11.8 Å². The second kappa shape index (κ2) is 8.30. The predicted molar refractivity (Wildman–Crippen MR) is 106 cm³/mol.